The number of nitrogens with two attached hydrogens (primary N) is 1. The lowest BCUT2D eigenvalue weighted by molar-refractivity contribution is -0.138. The molecule has 2 aliphatic heterocycles. The minimum absolute atomic E-state index is 0.134. The quantitative estimate of drug-likeness (QED) is 0.908. The highest BCUT2D eigenvalue weighted by molar-refractivity contribution is 5.84. The summed E-state index contributed by atoms with van der Waals surface area (Å²) in [6, 6.07) is 8.34. The number of hydrogen-bond donors (Lipinski definition) is 1. The van der Waals surface area contributed by atoms with Gasteiger partial charge in [0.05, 0.1) is 12.0 Å². The molecule has 2 atom stereocenters. The average molecular weight is 329 g/mol. The molecule has 24 heavy (non-hydrogen) atoms. The lowest BCUT2D eigenvalue weighted by Crippen LogP contribution is -2.52. The zero-order valence-corrected chi connectivity index (χ0v) is 14.6. The first kappa shape index (κ1) is 17.0. The molecule has 5 heteroatoms. The van der Waals surface area contributed by atoms with E-state index in [1.165, 1.54) is 11.1 Å². The number of likely N-dealkylation sites (tertiary alicyclic amines) is 1. The van der Waals surface area contributed by atoms with Gasteiger partial charge in [-0.15, -0.1) is 0 Å². The largest absolute Gasteiger partial charge is 0.369 e. The fourth-order valence-electron chi connectivity index (χ4n) is 4.00. The smallest absolute Gasteiger partial charge is 0.240 e. The highest BCUT2D eigenvalue weighted by atomic mass is 16.2. The van der Waals surface area contributed by atoms with E-state index in [1.807, 2.05) is 4.90 Å². The highest BCUT2D eigenvalue weighted by Crippen LogP contribution is 2.26. The standard InChI is InChI=1S/C19H27N3O2/c1-13(2)17(19(24)22-10-8-16(12-22)18(20)23)21-9-7-14-5-3-4-6-15(14)11-21/h3-6,13,16-17H,7-12H2,1-2H3,(H2,20,23)/t16-,17+/m0/s1. The predicted octanol–water partition coefficient (Wildman–Crippen LogP) is 1.40. The number of hydrogen-bond acceptors (Lipinski definition) is 3. The Labute approximate surface area is 143 Å². The molecule has 0 radical (unpaired) electrons. The van der Waals surface area contributed by atoms with Crippen LogP contribution in [-0.2, 0) is 22.6 Å². The van der Waals surface area contributed by atoms with Crippen LogP contribution in [0.5, 0.6) is 0 Å². The van der Waals surface area contributed by atoms with Crippen molar-refractivity contribution in [1.29, 1.82) is 0 Å². The number of fused-ring (bicyclic) bond motifs is 1. The normalized spacial score (nSPS) is 22.5. The Morgan fingerprint density at radius 1 is 1.17 bits per heavy atom. The van der Waals surface area contributed by atoms with E-state index in [-0.39, 0.29) is 29.7 Å². The van der Waals surface area contributed by atoms with E-state index in [4.69, 9.17) is 5.73 Å². The summed E-state index contributed by atoms with van der Waals surface area (Å²) in [5.74, 6) is -0.106. The van der Waals surface area contributed by atoms with Crippen molar-refractivity contribution in [2.24, 2.45) is 17.6 Å². The first-order chi connectivity index (χ1) is 11.5. The van der Waals surface area contributed by atoms with Gasteiger partial charge in [0.25, 0.3) is 0 Å². The van der Waals surface area contributed by atoms with Crippen molar-refractivity contribution in [3.05, 3.63) is 35.4 Å². The van der Waals surface area contributed by atoms with Crippen LogP contribution in [0, 0.1) is 11.8 Å². The minimum Gasteiger partial charge on any atom is -0.369 e. The van der Waals surface area contributed by atoms with E-state index in [0.29, 0.717) is 19.5 Å². The molecule has 2 aliphatic rings. The minimum atomic E-state index is -0.293. The maximum Gasteiger partial charge on any atom is 0.240 e. The van der Waals surface area contributed by atoms with E-state index in [9.17, 15) is 9.59 Å². The van der Waals surface area contributed by atoms with E-state index >= 15 is 0 Å². The molecule has 0 bridgehead atoms. The Morgan fingerprint density at radius 2 is 1.88 bits per heavy atom. The van der Waals surface area contributed by atoms with Gasteiger partial charge >= 0.3 is 0 Å². The second-order valence-corrected chi connectivity index (χ2v) is 7.35. The molecule has 2 N–H and O–H groups in total. The molecule has 2 heterocycles. The molecule has 0 aromatic heterocycles. The van der Waals surface area contributed by atoms with Crippen molar-refractivity contribution in [3.8, 4) is 0 Å². The number of benzene rings is 1. The van der Waals surface area contributed by atoms with Gasteiger partial charge in [0.2, 0.25) is 11.8 Å². The molecule has 0 unspecified atom stereocenters. The monoisotopic (exact) mass is 329 g/mol. The number of primary amides is 1. The third-order valence-electron chi connectivity index (χ3n) is 5.34. The summed E-state index contributed by atoms with van der Waals surface area (Å²) in [5.41, 5.74) is 8.11. The Bertz CT molecular complexity index is 629. The van der Waals surface area contributed by atoms with Crippen LogP contribution in [0.3, 0.4) is 0 Å². The van der Waals surface area contributed by atoms with Gasteiger partial charge in [0.15, 0.2) is 0 Å². The molecular weight excluding hydrogens is 302 g/mol. The van der Waals surface area contributed by atoms with Crippen LogP contribution in [-0.4, -0.2) is 47.3 Å². The third-order valence-corrected chi connectivity index (χ3v) is 5.34. The van der Waals surface area contributed by atoms with Crippen LogP contribution in [0.15, 0.2) is 24.3 Å². The van der Waals surface area contributed by atoms with Crippen LogP contribution < -0.4 is 5.73 Å². The van der Waals surface area contributed by atoms with Gasteiger partial charge in [-0.05, 0) is 29.9 Å². The molecule has 0 aliphatic carbocycles. The first-order valence-electron chi connectivity index (χ1n) is 8.86. The van der Waals surface area contributed by atoms with E-state index in [0.717, 1.165) is 19.5 Å². The Morgan fingerprint density at radius 3 is 2.50 bits per heavy atom. The molecule has 1 saturated heterocycles. The summed E-state index contributed by atoms with van der Waals surface area (Å²) in [7, 11) is 0. The average Bonchev–Trinajstić information content (AvgIpc) is 3.05. The number of amides is 2. The molecule has 0 spiro atoms. The van der Waals surface area contributed by atoms with Gasteiger partial charge in [-0.2, -0.15) is 0 Å². The van der Waals surface area contributed by atoms with Crippen molar-refractivity contribution in [2.75, 3.05) is 19.6 Å². The Hall–Kier alpha value is -1.88. The predicted molar refractivity (Wildman–Crippen MR) is 93.1 cm³/mol. The van der Waals surface area contributed by atoms with Crippen molar-refractivity contribution in [2.45, 2.75) is 39.3 Å². The maximum absolute atomic E-state index is 13.1. The van der Waals surface area contributed by atoms with Crippen LogP contribution in [0.4, 0.5) is 0 Å². The molecule has 5 nitrogen and oxygen atoms in total. The lowest BCUT2D eigenvalue weighted by Gasteiger charge is -2.38. The number of nitrogens with zero attached hydrogens (tertiary/aromatic N) is 2. The van der Waals surface area contributed by atoms with Crippen molar-refractivity contribution < 1.29 is 9.59 Å². The lowest BCUT2D eigenvalue weighted by atomic mass is 9.94. The van der Waals surface area contributed by atoms with Crippen molar-refractivity contribution >= 4 is 11.8 Å². The second kappa shape index (κ2) is 6.93. The van der Waals surface area contributed by atoms with E-state index < -0.39 is 0 Å². The summed E-state index contributed by atoms with van der Waals surface area (Å²) in [4.78, 5) is 28.6. The molecule has 1 aromatic rings. The molecule has 3 rings (SSSR count). The SMILES string of the molecule is CC(C)[C@H](C(=O)N1CC[C@H](C(N)=O)C1)N1CCc2ccccc2C1. The highest BCUT2D eigenvalue weighted by Gasteiger charge is 2.37. The van der Waals surface area contributed by atoms with Crippen molar-refractivity contribution in [1.82, 2.24) is 9.80 Å². The molecule has 0 saturated carbocycles. The molecule has 1 aromatic carbocycles. The molecule has 130 valence electrons. The second-order valence-electron chi connectivity index (χ2n) is 7.35. The van der Waals surface area contributed by atoms with Crippen molar-refractivity contribution in [3.63, 3.8) is 0 Å². The van der Waals surface area contributed by atoms with Gasteiger partial charge < -0.3 is 10.6 Å². The number of carbonyl (C=O) groups excluding carboxylic acids is 2. The van der Waals surface area contributed by atoms with Gasteiger partial charge in [0.1, 0.15) is 0 Å². The van der Waals surface area contributed by atoms with E-state index in [2.05, 4.69) is 43.0 Å². The fraction of sp³-hybridized carbons (Fsp3) is 0.579. The van der Waals surface area contributed by atoms with Gasteiger partial charge in [-0.3, -0.25) is 14.5 Å². The Kier molecular flexibility index (Phi) is 4.90. The van der Waals surface area contributed by atoms with E-state index in [1.54, 1.807) is 0 Å². The summed E-state index contributed by atoms with van der Waals surface area (Å²) < 4.78 is 0. The molecular formula is C19H27N3O2. The first-order valence-corrected chi connectivity index (χ1v) is 8.86. The number of carbonyl (C=O) groups is 2. The zero-order chi connectivity index (χ0) is 17.3. The van der Waals surface area contributed by atoms with Gasteiger partial charge in [-0.1, -0.05) is 38.1 Å². The molecule has 2 amide bonds. The third kappa shape index (κ3) is 3.31. The van der Waals surface area contributed by atoms with Crippen LogP contribution in [0.2, 0.25) is 0 Å². The fourth-order valence-corrected chi connectivity index (χ4v) is 4.00. The number of rotatable bonds is 4. The topological polar surface area (TPSA) is 66.6 Å². The maximum atomic E-state index is 13.1. The van der Waals surface area contributed by atoms with Crippen LogP contribution >= 0.6 is 0 Å². The zero-order valence-electron chi connectivity index (χ0n) is 14.6. The van der Waals surface area contributed by atoms with Gasteiger partial charge in [0, 0.05) is 26.2 Å². The van der Waals surface area contributed by atoms with Crippen LogP contribution in [0.1, 0.15) is 31.4 Å². The Balaban J connectivity index is 1.74. The van der Waals surface area contributed by atoms with Gasteiger partial charge in [-0.25, -0.2) is 0 Å². The molecule has 1 fully saturated rings. The summed E-state index contributed by atoms with van der Waals surface area (Å²) >= 11 is 0. The summed E-state index contributed by atoms with van der Waals surface area (Å²) in [6.45, 7) is 7.04. The summed E-state index contributed by atoms with van der Waals surface area (Å²) in [5, 5.41) is 0. The summed E-state index contributed by atoms with van der Waals surface area (Å²) in [6.07, 6.45) is 1.67. The van der Waals surface area contributed by atoms with Crippen LogP contribution in [0.25, 0.3) is 0 Å².